The lowest BCUT2D eigenvalue weighted by molar-refractivity contribution is -0.384. The van der Waals surface area contributed by atoms with E-state index in [9.17, 15) is 14.9 Å². The highest BCUT2D eigenvalue weighted by Crippen LogP contribution is 2.41. The number of nitro groups is 1. The summed E-state index contributed by atoms with van der Waals surface area (Å²) in [5.74, 6) is 0.774. The Kier molecular flexibility index (Phi) is 3.46. The van der Waals surface area contributed by atoms with Gasteiger partial charge in [0.1, 0.15) is 5.75 Å². The van der Waals surface area contributed by atoms with Gasteiger partial charge in [-0.1, -0.05) is 23.7 Å². The molecule has 0 spiro atoms. The lowest BCUT2D eigenvalue weighted by Gasteiger charge is -2.16. The van der Waals surface area contributed by atoms with Crippen LogP contribution in [-0.4, -0.2) is 17.9 Å². The number of nitro benzene ring substituents is 1. The normalized spacial score (nSPS) is 13.2. The van der Waals surface area contributed by atoms with Crippen molar-refractivity contribution in [1.29, 1.82) is 0 Å². The monoisotopic (exact) mass is 318 g/mol. The largest absolute Gasteiger partial charge is 0.454 e. The summed E-state index contributed by atoms with van der Waals surface area (Å²) in [5.41, 5.74) is 1.47. The number of hydrogen-bond acceptors (Lipinski definition) is 4. The van der Waals surface area contributed by atoms with Gasteiger partial charge < -0.3 is 9.64 Å². The van der Waals surface area contributed by atoms with Crippen molar-refractivity contribution < 1.29 is 14.5 Å². The Bertz CT molecular complexity index is 791. The van der Waals surface area contributed by atoms with Crippen LogP contribution < -0.4 is 9.64 Å². The summed E-state index contributed by atoms with van der Waals surface area (Å²) in [6, 6.07) is 9.37. The Labute approximate surface area is 131 Å². The number of non-ortho nitro benzene ring substituents is 1. The van der Waals surface area contributed by atoms with Crippen molar-refractivity contribution in [2.24, 2.45) is 0 Å². The van der Waals surface area contributed by atoms with Gasteiger partial charge in [-0.2, -0.15) is 0 Å². The van der Waals surface area contributed by atoms with Crippen LogP contribution in [0.25, 0.3) is 0 Å². The van der Waals surface area contributed by atoms with Crippen LogP contribution in [0.15, 0.2) is 36.4 Å². The Morgan fingerprint density at radius 1 is 1.27 bits per heavy atom. The summed E-state index contributed by atoms with van der Waals surface area (Å²) in [5, 5.41) is 10.9. The van der Waals surface area contributed by atoms with Crippen LogP contribution in [0.2, 0.25) is 5.02 Å². The predicted molar refractivity (Wildman–Crippen MR) is 81.7 cm³/mol. The van der Waals surface area contributed by atoms with Crippen molar-refractivity contribution in [3.05, 3.63) is 57.1 Å². The Hall–Kier alpha value is -2.60. The Morgan fingerprint density at radius 3 is 2.73 bits per heavy atom. The van der Waals surface area contributed by atoms with E-state index >= 15 is 0 Å². The summed E-state index contributed by atoms with van der Waals surface area (Å²) in [6.45, 7) is 0. The number of carbonyl (C=O) groups excluding carboxylic acids is 1. The van der Waals surface area contributed by atoms with E-state index < -0.39 is 4.92 Å². The van der Waals surface area contributed by atoms with Crippen LogP contribution >= 0.6 is 11.6 Å². The molecule has 0 saturated carbocycles. The molecule has 0 fully saturated rings. The molecule has 0 saturated heterocycles. The van der Waals surface area contributed by atoms with Crippen molar-refractivity contribution in [3.8, 4) is 11.5 Å². The quantitative estimate of drug-likeness (QED) is 0.640. The molecule has 0 N–H and O–H groups in total. The molecular formula is C15H11ClN2O4. The highest BCUT2D eigenvalue weighted by Gasteiger charge is 2.27. The summed E-state index contributed by atoms with van der Waals surface area (Å²) in [7, 11) is 1.68. The lowest BCUT2D eigenvalue weighted by Crippen LogP contribution is -2.21. The zero-order valence-electron chi connectivity index (χ0n) is 11.6. The maximum Gasteiger partial charge on any atom is 0.271 e. The fraction of sp³-hybridized carbons (Fsp3) is 0.133. The van der Waals surface area contributed by atoms with Gasteiger partial charge in [0.2, 0.25) is 5.91 Å². The molecule has 3 rings (SSSR count). The van der Waals surface area contributed by atoms with Gasteiger partial charge in [0.05, 0.1) is 22.1 Å². The second kappa shape index (κ2) is 5.31. The molecule has 22 heavy (non-hydrogen) atoms. The van der Waals surface area contributed by atoms with Crippen molar-refractivity contribution in [2.75, 3.05) is 11.9 Å². The van der Waals surface area contributed by atoms with E-state index in [1.807, 2.05) is 6.07 Å². The third-order valence-corrected chi connectivity index (χ3v) is 3.78. The highest BCUT2D eigenvalue weighted by molar-refractivity contribution is 6.32. The molecule has 0 atom stereocenters. The number of nitrogens with zero attached hydrogens (tertiary/aromatic N) is 2. The van der Waals surface area contributed by atoms with Gasteiger partial charge in [0, 0.05) is 19.2 Å². The SMILES string of the molecule is CN1C(=O)Cc2cccc(Oc3ccc([N+](=O)[O-])cc3Cl)c21. The first-order valence-electron chi connectivity index (χ1n) is 6.47. The molecule has 0 radical (unpaired) electrons. The van der Waals surface area contributed by atoms with E-state index in [2.05, 4.69) is 0 Å². The van der Waals surface area contributed by atoms with E-state index in [4.69, 9.17) is 16.3 Å². The van der Waals surface area contributed by atoms with Crippen LogP contribution in [0.4, 0.5) is 11.4 Å². The highest BCUT2D eigenvalue weighted by atomic mass is 35.5. The van der Waals surface area contributed by atoms with Gasteiger partial charge in [-0.05, 0) is 17.7 Å². The average Bonchev–Trinajstić information content (AvgIpc) is 2.77. The second-order valence-electron chi connectivity index (χ2n) is 4.87. The van der Waals surface area contributed by atoms with Gasteiger partial charge >= 0.3 is 0 Å². The number of amides is 1. The smallest absolute Gasteiger partial charge is 0.271 e. The first-order chi connectivity index (χ1) is 10.5. The minimum Gasteiger partial charge on any atom is -0.454 e. The summed E-state index contributed by atoms with van der Waals surface area (Å²) in [6.07, 6.45) is 0.330. The van der Waals surface area contributed by atoms with E-state index in [0.29, 0.717) is 23.6 Å². The van der Waals surface area contributed by atoms with Crippen molar-refractivity contribution in [2.45, 2.75) is 6.42 Å². The molecular weight excluding hydrogens is 308 g/mol. The van der Waals surface area contributed by atoms with Gasteiger partial charge in [0.25, 0.3) is 5.69 Å². The number of hydrogen-bond donors (Lipinski definition) is 0. The molecule has 0 aromatic heterocycles. The van der Waals surface area contributed by atoms with Crippen LogP contribution in [-0.2, 0) is 11.2 Å². The third-order valence-electron chi connectivity index (χ3n) is 3.48. The molecule has 0 bridgehead atoms. The topological polar surface area (TPSA) is 72.7 Å². The molecule has 0 unspecified atom stereocenters. The Balaban J connectivity index is 1.97. The minimum absolute atomic E-state index is 0.0131. The molecule has 1 aliphatic heterocycles. The zero-order chi connectivity index (χ0) is 15.9. The standard InChI is InChI=1S/C15H11ClN2O4/c1-17-14(19)7-9-3-2-4-13(15(9)17)22-12-6-5-10(18(20)21)8-11(12)16/h2-6,8H,7H2,1H3. The summed E-state index contributed by atoms with van der Waals surface area (Å²) >= 11 is 6.03. The van der Waals surface area contributed by atoms with Gasteiger partial charge in [-0.25, -0.2) is 0 Å². The number of ether oxygens (including phenoxy) is 1. The van der Waals surface area contributed by atoms with E-state index in [-0.39, 0.29) is 16.6 Å². The lowest BCUT2D eigenvalue weighted by atomic mass is 10.1. The summed E-state index contributed by atoms with van der Waals surface area (Å²) in [4.78, 5) is 23.5. The minimum atomic E-state index is -0.525. The van der Waals surface area contributed by atoms with Gasteiger partial charge in [0.15, 0.2) is 5.75 Å². The maximum absolute atomic E-state index is 11.8. The third kappa shape index (κ3) is 2.37. The number of carbonyl (C=O) groups is 1. The van der Waals surface area contributed by atoms with Gasteiger partial charge in [-0.15, -0.1) is 0 Å². The molecule has 2 aromatic rings. The number of likely N-dealkylation sites (N-methyl/N-ethyl adjacent to an activating group) is 1. The molecule has 2 aromatic carbocycles. The number of para-hydroxylation sites is 1. The molecule has 0 aliphatic carbocycles. The molecule has 1 aliphatic rings. The van der Waals surface area contributed by atoms with Crippen LogP contribution in [0, 0.1) is 10.1 Å². The predicted octanol–water partition coefficient (Wildman–Crippen LogP) is 3.56. The molecule has 112 valence electrons. The van der Waals surface area contributed by atoms with Crippen LogP contribution in [0.3, 0.4) is 0 Å². The average molecular weight is 319 g/mol. The van der Waals surface area contributed by atoms with Crippen molar-refractivity contribution in [1.82, 2.24) is 0 Å². The van der Waals surface area contributed by atoms with Gasteiger partial charge in [-0.3, -0.25) is 14.9 Å². The number of rotatable bonds is 3. The first kappa shape index (κ1) is 14.3. The van der Waals surface area contributed by atoms with Crippen molar-refractivity contribution >= 4 is 28.9 Å². The molecule has 6 nitrogen and oxygen atoms in total. The molecule has 7 heteroatoms. The number of fused-ring (bicyclic) bond motifs is 1. The maximum atomic E-state index is 11.8. The number of anilines is 1. The molecule has 1 amide bonds. The van der Waals surface area contributed by atoms with Crippen molar-refractivity contribution in [3.63, 3.8) is 0 Å². The van der Waals surface area contributed by atoms with Crippen LogP contribution in [0.5, 0.6) is 11.5 Å². The molecule has 1 heterocycles. The Morgan fingerprint density at radius 2 is 2.05 bits per heavy atom. The van der Waals surface area contributed by atoms with E-state index in [1.165, 1.54) is 23.1 Å². The van der Waals surface area contributed by atoms with E-state index in [0.717, 1.165) is 5.56 Å². The zero-order valence-corrected chi connectivity index (χ0v) is 12.3. The first-order valence-corrected chi connectivity index (χ1v) is 6.85. The number of benzene rings is 2. The summed E-state index contributed by atoms with van der Waals surface area (Å²) < 4.78 is 5.76. The fourth-order valence-electron chi connectivity index (χ4n) is 2.38. The second-order valence-corrected chi connectivity index (χ2v) is 5.27. The number of halogens is 1. The van der Waals surface area contributed by atoms with Crippen LogP contribution in [0.1, 0.15) is 5.56 Å². The fourth-order valence-corrected chi connectivity index (χ4v) is 2.60. The van der Waals surface area contributed by atoms with E-state index in [1.54, 1.807) is 19.2 Å².